The van der Waals surface area contributed by atoms with Crippen molar-refractivity contribution in [1.82, 2.24) is 15.2 Å². The summed E-state index contributed by atoms with van der Waals surface area (Å²) in [6.45, 7) is 6.10. The number of morpholine rings is 1. The van der Waals surface area contributed by atoms with Crippen LogP contribution < -0.4 is 10.2 Å². The minimum atomic E-state index is -0.471. The number of carbonyl (C=O) groups is 2. The van der Waals surface area contributed by atoms with Gasteiger partial charge >= 0.3 is 0 Å². The lowest BCUT2D eigenvalue weighted by Crippen LogP contribution is -2.47. The number of ether oxygens (including phenoxy) is 1. The molecule has 31 heavy (non-hydrogen) atoms. The predicted octanol–water partition coefficient (Wildman–Crippen LogP) is 2.53. The van der Waals surface area contributed by atoms with E-state index in [4.69, 9.17) is 4.74 Å². The van der Waals surface area contributed by atoms with Crippen LogP contribution in [0.2, 0.25) is 0 Å². The first-order chi connectivity index (χ1) is 15.0. The molecule has 2 amide bonds. The normalized spacial score (nSPS) is 23.6. The van der Waals surface area contributed by atoms with Gasteiger partial charge in [0, 0.05) is 31.6 Å². The Bertz CT molecular complexity index is 899. The summed E-state index contributed by atoms with van der Waals surface area (Å²) in [7, 11) is 0. The van der Waals surface area contributed by atoms with Crippen molar-refractivity contribution in [3.8, 4) is 0 Å². The quantitative estimate of drug-likeness (QED) is 0.770. The maximum absolute atomic E-state index is 13.1. The smallest absolute Gasteiger partial charge is 0.256 e. The van der Waals surface area contributed by atoms with Gasteiger partial charge in [-0.1, -0.05) is 30.3 Å². The molecule has 3 atom stereocenters. The van der Waals surface area contributed by atoms with E-state index in [0.29, 0.717) is 23.7 Å². The molecule has 164 valence electrons. The van der Waals surface area contributed by atoms with E-state index in [-0.39, 0.29) is 24.0 Å². The molecule has 2 aromatic rings. The number of benzene rings is 1. The van der Waals surface area contributed by atoms with Gasteiger partial charge in [-0.15, -0.1) is 11.8 Å². The number of thioether (sulfide) groups is 1. The van der Waals surface area contributed by atoms with E-state index < -0.39 is 6.04 Å². The van der Waals surface area contributed by atoms with Gasteiger partial charge in [-0.2, -0.15) is 0 Å². The summed E-state index contributed by atoms with van der Waals surface area (Å²) >= 11 is 1.59. The van der Waals surface area contributed by atoms with Crippen molar-refractivity contribution in [2.45, 2.75) is 38.6 Å². The number of carbonyl (C=O) groups excluding carboxylic acids is 2. The Morgan fingerprint density at radius 1 is 1.13 bits per heavy atom. The molecule has 0 radical (unpaired) electrons. The fourth-order valence-corrected chi connectivity index (χ4v) is 5.15. The molecule has 0 aliphatic carbocycles. The first-order valence-corrected chi connectivity index (χ1v) is 11.7. The lowest BCUT2D eigenvalue weighted by molar-refractivity contribution is -0.124. The maximum atomic E-state index is 13.1. The summed E-state index contributed by atoms with van der Waals surface area (Å²) in [6, 6.07) is 13.0. The van der Waals surface area contributed by atoms with Crippen LogP contribution in [0.25, 0.3) is 0 Å². The molecule has 2 aliphatic heterocycles. The number of hydrogen-bond donors (Lipinski definition) is 1. The van der Waals surface area contributed by atoms with Gasteiger partial charge in [0.25, 0.3) is 5.91 Å². The highest BCUT2D eigenvalue weighted by Gasteiger charge is 2.35. The topological polar surface area (TPSA) is 74.8 Å². The molecule has 0 bridgehead atoms. The summed E-state index contributed by atoms with van der Waals surface area (Å²) < 4.78 is 5.78. The molecular weight excluding hydrogens is 412 g/mol. The van der Waals surface area contributed by atoms with Crippen LogP contribution in [0, 0.1) is 0 Å². The standard InChI is InChI=1S/C23H28N4O3S/c1-16-12-26(13-17(2)30-16)21-9-8-19(11-24-21)23(29)27-15-31-14-20(27)22(28)25-10-18-6-4-3-5-7-18/h3-9,11,16-17,20H,10,12-15H2,1-2H3,(H,25,28). The number of rotatable bonds is 5. The lowest BCUT2D eigenvalue weighted by Gasteiger charge is -2.36. The molecule has 3 heterocycles. The summed E-state index contributed by atoms with van der Waals surface area (Å²) in [4.78, 5) is 34.2. The Labute approximate surface area is 187 Å². The van der Waals surface area contributed by atoms with Gasteiger partial charge in [-0.3, -0.25) is 9.59 Å². The van der Waals surface area contributed by atoms with E-state index in [1.165, 1.54) is 0 Å². The van der Waals surface area contributed by atoms with E-state index in [9.17, 15) is 9.59 Å². The van der Waals surface area contributed by atoms with Crippen molar-refractivity contribution in [2.24, 2.45) is 0 Å². The largest absolute Gasteiger partial charge is 0.372 e. The first kappa shape index (κ1) is 21.6. The molecule has 1 aromatic carbocycles. The third kappa shape index (κ3) is 5.19. The monoisotopic (exact) mass is 440 g/mol. The highest BCUT2D eigenvalue weighted by Crippen LogP contribution is 2.24. The molecule has 2 fully saturated rings. The van der Waals surface area contributed by atoms with Crippen molar-refractivity contribution in [3.05, 3.63) is 59.8 Å². The molecule has 8 heteroatoms. The van der Waals surface area contributed by atoms with Crippen molar-refractivity contribution < 1.29 is 14.3 Å². The van der Waals surface area contributed by atoms with Crippen molar-refractivity contribution in [2.75, 3.05) is 29.6 Å². The van der Waals surface area contributed by atoms with Gasteiger partial charge in [0.15, 0.2) is 0 Å². The van der Waals surface area contributed by atoms with Crippen LogP contribution in [0.5, 0.6) is 0 Å². The second-order valence-corrected chi connectivity index (χ2v) is 9.06. The maximum Gasteiger partial charge on any atom is 0.256 e. The molecule has 0 saturated carbocycles. The van der Waals surface area contributed by atoms with Crippen molar-refractivity contribution in [1.29, 1.82) is 0 Å². The van der Waals surface area contributed by atoms with E-state index >= 15 is 0 Å². The number of anilines is 1. The molecule has 2 aliphatic rings. The van der Waals surface area contributed by atoms with E-state index in [1.807, 2.05) is 36.4 Å². The third-order valence-electron chi connectivity index (χ3n) is 5.49. The highest BCUT2D eigenvalue weighted by atomic mass is 32.2. The molecule has 7 nitrogen and oxygen atoms in total. The zero-order valence-corrected chi connectivity index (χ0v) is 18.7. The van der Waals surface area contributed by atoms with Gasteiger partial charge in [0.2, 0.25) is 5.91 Å². The zero-order valence-electron chi connectivity index (χ0n) is 17.9. The molecule has 3 unspecified atom stereocenters. The van der Waals surface area contributed by atoms with Crippen LogP contribution in [-0.2, 0) is 16.1 Å². The van der Waals surface area contributed by atoms with E-state index in [2.05, 4.69) is 29.0 Å². The SMILES string of the molecule is CC1CN(c2ccc(C(=O)N3CSCC3C(=O)NCc3ccccc3)cn2)CC(C)O1. The Balaban J connectivity index is 1.39. The number of pyridine rings is 1. The van der Waals surface area contributed by atoms with Gasteiger partial charge in [0.05, 0.1) is 23.6 Å². The van der Waals surface area contributed by atoms with Crippen molar-refractivity contribution >= 4 is 29.4 Å². The van der Waals surface area contributed by atoms with Gasteiger partial charge in [-0.05, 0) is 31.5 Å². The molecular formula is C23H28N4O3S. The highest BCUT2D eigenvalue weighted by molar-refractivity contribution is 7.99. The minimum Gasteiger partial charge on any atom is -0.372 e. The fraction of sp³-hybridized carbons (Fsp3) is 0.435. The number of nitrogens with zero attached hydrogens (tertiary/aromatic N) is 3. The summed E-state index contributed by atoms with van der Waals surface area (Å²) in [6.07, 6.45) is 1.90. The summed E-state index contributed by atoms with van der Waals surface area (Å²) in [5.41, 5.74) is 1.53. The average Bonchev–Trinajstić information content (AvgIpc) is 3.27. The third-order valence-corrected chi connectivity index (χ3v) is 6.51. The molecule has 4 rings (SSSR count). The van der Waals surface area contributed by atoms with E-state index in [0.717, 1.165) is 24.5 Å². The number of hydrogen-bond acceptors (Lipinski definition) is 6. The fourth-order valence-electron chi connectivity index (χ4n) is 3.99. The minimum absolute atomic E-state index is 0.122. The number of aromatic nitrogens is 1. The van der Waals surface area contributed by atoms with Crippen LogP contribution in [0.1, 0.15) is 29.8 Å². The summed E-state index contributed by atoms with van der Waals surface area (Å²) in [5, 5.41) is 2.96. The summed E-state index contributed by atoms with van der Waals surface area (Å²) in [5.74, 6) is 1.66. The second-order valence-electron chi connectivity index (χ2n) is 8.06. The van der Waals surface area contributed by atoms with Gasteiger partial charge in [-0.25, -0.2) is 4.98 Å². The molecule has 0 spiro atoms. The Morgan fingerprint density at radius 2 is 1.87 bits per heavy atom. The van der Waals surface area contributed by atoms with Gasteiger partial charge in [0.1, 0.15) is 11.9 Å². The molecule has 1 N–H and O–H groups in total. The average molecular weight is 441 g/mol. The van der Waals surface area contributed by atoms with Crippen molar-refractivity contribution in [3.63, 3.8) is 0 Å². The number of nitrogens with one attached hydrogen (secondary N) is 1. The van der Waals surface area contributed by atoms with E-state index in [1.54, 1.807) is 28.9 Å². The van der Waals surface area contributed by atoms with Gasteiger partial charge < -0.3 is 19.9 Å². The lowest BCUT2D eigenvalue weighted by atomic mass is 10.2. The predicted molar refractivity (Wildman–Crippen MR) is 122 cm³/mol. The Kier molecular flexibility index (Phi) is 6.77. The Hall–Kier alpha value is -2.58. The van der Waals surface area contributed by atoms with Crippen LogP contribution in [0.4, 0.5) is 5.82 Å². The first-order valence-electron chi connectivity index (χ1n) is 10.6. The zero-order chi connectivity index (χ0) is 21.8. The number of amides is 2. The second kappa shape index (κ2) is 9.70. The Morgan fingerprint density at radius 3 is 2.55 bits per heavy atom. The molecule has 2 saturated heterocycles. The van der Waals surface area contributed by atoms with Crippen LogP contribution in [0.15, 0.2) is 48.7 Å². The molecule has 1 aromatic heterocycles. The van der Waals surface area contributed by atoms with Crippen LogP contribution in [-0.4, -0.2) is 64.7 Å². The van der Waals surface area contributed by atoms with Crippen LogP contribution in [0.3, 0.4) is 0 Å². The van der Waals surface area contributed by atoms with Crippen LogP contribution >= 0.6 is 11.8 Å².